The van der Waals surface area contributed by atoms with Crippen molar-refractivity contribution >= 4 is 6.03 Å². The van der Waals surface area contributed by atoms with E-state index in [1.165, 1.54) is 16.7 Å². The number of amides is 2. The third-order valence-corrected chi connectivity index (χ3v) is 3.80. The van der Waals surface area contributed by atoms with E-state index >= 15 is 0 Å². The number of benzene rings is 2. The van der Waals surface area contributed by atoms with Gasteiger partial charge in [0.2, 0.25) is 0 Å². The molecule has 2 amide bonds. The molecule has 2 N–H and O–H groups in total. The van der Waals surface area contributed by atoms with E-state index in [0.717, 1.165) is 17.7 Å². The molecule has 0 spiro atoms. The van der Waals surface area contributed by atoms with Gasteiger partial charge in [0.15, 0.2) is 6.73 Å². The molecule has 0 heterocycles. The van der Waals surface area contributed by atoms with Crippen molar-refractivity contribution in [3.63, 3.8) is 0 Å². The number of hydrogen-bond donors (Lipinski definition) is 2. The van der Waals surface area contributed by atoms with Gasteiger partial charge >= 0.3 is 6.03 Å². The molecule has 2 aromatic rings. The summed E-state index contributed by atoms with van der Waals surface area (Å²) in [6, 6.07) is 14.0. The lowest BCUT2D eigenvalue weighted by molar-refractivity contribution is 0.224. The zero-order valence-corrected chi connectivity index (χ0v) is 14.0. The van der Waals surface area contributed by atoms with Gasteiger partial charge in [-0.3, -0.25) is 0 Å². The molecule has 0 aromatic heterocycles. The Morgan fingerprint density at radius 3 is 2.61 bits per heavy atom. The van der Waals surface area contributed by atoms with Crippen LogP contribution >= 0.6 is 0 Å². The lowest BCUT2D eigenvalue weighted by atomic mass is 10.1. The standard InChI is InChI=1S/C19H24N2O2/c1-14-6-4-8-17(12-14)10-11-20-19(22)21-13-23-18-9-5-7-15(2)16(18)3/h4-9,12H,10-11,13H2,1-3H3,(H2,20,21,22). The van der Waals surface area contributed by atoms with E-state index in [2.05, 4.69) is 35.8 Å². The van der Waals surface area contributed by atoms with Crippen molar-refractivity contribution in [2.24, 2.45) is 0 Å². The fourth-order valence-electron chi connectivity index (χ4n) is 2.31. The highest BCUT2D eigenvalue weighted by Crippen LogP contribution is 2.19. The number of carbonyl (C=O) groups excluding carboxylic acids is 1. The molecule has 0 bridgehead atoms. The second-order valence-corrected chi connectivity index (χ2v) is 5.66. The van der Waals surface area contributed by atoms with E-state index in [1.807, 2.05) is 38.1 Å². The van der Waals surface area contributed by atoms with E-state index in [0.29, 0.717) is 6.54 Å². The Morgan fingerprint density at radius 2 is 1.83 bits per heavy atom. The molecule has 23 heavy (non-hydrogen) atoms. The van der Waals surface area contributed by atoms with Crippen LogP contribution in [0.1, 0.15) is 22.3 Å². The second-order valence-electron chi connectivity index (χ2n) is 5.66. The highest BCUT2D eigenvalue weighted by molar-refractivity contribution is 5.73. The lowest BCUT2D eigenvalue weighted by Crippen LogP contribution is -2.38. The summed E-state index contributed by atoms with van der Waals surface area (Å²) in [7, 11) is 0. The van der Waals surface area contributed by atoms with E-state index in [4.69, 9.17) is 4.74 Å². The summed E-state index contributed by atoms with van der Waals surface area (Å²) in [5, 5.41) is 5.54. The third kappa shape index (κ3) is 5.33. The van der Waals surface area contributed by atoms with Crippen molar-refractivity contribution < 1.29 is 9.53 Å². The van der Waals surface area contributed by atoms with Gasteiger partial charge in [0, 0.05) is 6.54 Å². The number of hydrogen-bond acceptors (Lipinski definition) is 2. The van der Waals surface area contributed by atoms with Crippen molar-refractivity contribution in [2.45, 2.75) is 27.2 Å². The van der Waals surface area contributed by atoms with Crippen LogP contribution in [-0.4, -0.2) is 19.3 Å². The predicted octanol–water partition coefficient (Wildman–Crippen LogP) is 3.49. The molecular formula is C19H24N2O2. The number of rotatable bonds is 6. The SMILES string of the molecule is Cc1cccc(CCNC(=O)NCOc2cccc(C)c2C)c1. The average molecular weight is 312 g/mol. The first-order chi connectivity index (χ1) is 11.1. The van der Waals surface area contributed by atoms with Crippen molar-refractivity contribution in [1.29, 1.82) is 0 Å². The molecule has 0 aliphatic heterocycles. The molecule has 0 radical (unpaired) electrons. The van der Waals surface area contributed by atoms with Crippen molar-refractivity contribution in [1.82, 2.24) is 10.6 Å². The van der Waals surface area contributed by atoms with Crippen LogP contribution in [0.5, 0.6) is 5.75 Å². The summed E-state index contributed by atoms with van der Waals surface area (Å²) in [5.41, 5.74) is 4.71. The van der Waals surface area contributed by atoms with Gasteiger partial charge in [-0.1, -0.05) is 42.0 Å². The van der Waals surface area contributed by atoms with Crippen LogP contribution in [-0.2, 0) is 6.42 Å². The number of carbonyl (C=O) groups is 1. The normalized spacial score (nSPS) is 10.2. The highest BCUT2D eigenvalue weighted by atomic mass is 16.5. The fourth-order valence-corrected chi connectivity index (χ4v) is 2.31. The molecule has 2 aromatic carbocycles. The Kier molecular flexibility index (Phi) is 6.03. The number of nitrogens with one attached hydrogen (secondary N) is 2. The average Bonchev–Trinajstić information content (AvgIpc) is 2.51. The van der Waals surface area contributed by atoms with Crippen LogP contribution in [0.15, 0.2) is 42.5 Å². The smallest absolute Gasteiger partial charge is 0.317 e. The van der Waals surface area contributed by atoms with Gasteiger partial charge in [0.05, 0.1) is 0 Å². The topological polar surface area (TPSA) is 50.4 Å². The summed E-state index contributed by atoms with van der Waals surface area (Å²) in [5.74, 6) is 0.796. The number of urea groups is 1. The zero-order chi connectivity index (χ0) is 16.7. The summed E-state index contributed by atoms with van der Waals surface area (Å²) in [4.78, 5) is 11.7. The maximum absolute atomic E-state index is 11.7. The third-order valence-electron chi connectivity index (χ3n) is 3.80. The zero-order valence-electron chi connectivity index (χ0n) is 14.0. The largest absolute Gasteiger partial charge is 0.473 e. The van der Waals surface area contributed by atoms with Crippen molar-refractivity contribution in [3.8, 4) is 5.75 Å². The van der Waals surface area contributed by atoms with Crippen molar-refractivity contribution in [2.75, 3.05) is 13.3 Å². The predicted molar refractivity (Wildman–Crippen MR) is 92.8 cm³/mol. The Bertz CT molecular complexity index is 668. The molecule has 2 rings (SSSR count). The first kappa shape index (κ1) is 16.9. The molecule has 0 atom stereocenters. The van der Waals surface area contributed by atoms with Crippen LogP contribution < -0.4 is 15.4 Å². The summed E-state index contributed by atoms with van der Waals surface area (Å²) < 4.78 is 5.60. The molecular weight excluding hydrogens is 288 g/mol. The van der Waals surface area contributed by atoms with Crippen molar-refractivity contribution in [3.05, 3.63) is 64.7 Å². The molecule has 0 saturated heterocycles. The van der Waals surface area contributed by atoms with Crippen LogP contribution in [0.3, 0.4) is 0 Å². The Labute approximate surface area is 137 Å². The van der Waals surface area contributed by atoms with Gasteiger partial charge in [-0.15, -0.1) is 0 Å². The second kappa shape index (κ2) is 8.22. The van der Waals surface area contributed by atoms with Gasteiger partial charge in [-0.25, -0.2) is 4.79 Å². The maximum Gasteiger partial charge on any atom is 0.317 e. The summed E-state index contributed by atoms with van der Waals surface area (Å²) >= 11 is 0. The molecule has 4 heteroatoms. The summed E-state index contributed by atoms with van der Waals surface area (Å²) in [6.07, 6.45) is 0.812. The van der Waals surface area contributed by atoms with E-state index < -0.39 is 0 Å². The highest BCUT2D eigenvalue weighted by Gasteiger charge is 2.03. The Hall–Kier alpha value is -2.49. The van der Waals surface area contributed by atoms with Gasteiger partial charge in [0.1, 0.15) is 5.75 Å². The van der Waals surface area contributed by atoms with Gasteiger partial charge in [-0.05, 0) is 49.9 Å². The van der Waals surface area contributed by atoms with E-state index in [-0.39, 0.29) is 12.8 Å². The fraction of sp³-hybridized carbons (Fsp3) is 0.316. The van der Waals surface area contributed by atoms with Crippen LogP contribution in [0.2, 0.25) is 0 Å². The maximum atomic E-state index is 11.7. The summed E-state index contributed by atoms with van der Waals surface area (Å²) in [6.45, 7) is 6.85. The minimum atomic E-state index is -0.219. The number of ether oxygens (including phenoxy) is 1. The van der Waals surface area contributed by atoms with Gasteiger partial charge < -0.3 is 15.4 Å². The Balaban J connectivity index is 1.68. The molecule has 0 fully saturated rings. The first-order valence-corrected chi connectivity index (χ1v) is 7.82. The van der Waals surface area contributed by atoms with E-state index in [1.54, 1.807) is 0 Å². The van der Waals surface area contributed by atoms with Gasteiger partial charge in [0.25, 0.3) is 0 Å². The van der Waals surface area contributed by atoms with Gasteiger partial charge in [-0.2, -0.15) is 0 Å². The Morgan fingerprint density at radius 1 is 1.04 bits per heavy atom. The molecule has 4 nitrogen and oxygen atoms in total. The molecule has 0 unspecified atom stereocenters. The minimum Gasteiger partial charge on any atom is -0.473 e. The van der Waals surface area contributed by atoms with Crippen LogP contribution in [0.4, 0.5) is 4.79 Å². The quantitative estimate of drug-likeness (QED) is 0.802. The van der Waals surface area contributed by atoms with Crippen LogP contribution in [0, 0.1) is 20.8 Å². The molecule has 0 aliphatic rings. The lowest BCUT2D eigenvalue weighted by Gasteiger charge is -2.12. The minimum absolute atomic E-state index is 0.153. The first-order valence-electron chi connectivity index (χ1n) is 7.82. The molecule has 0 aliphatic carbocycles. The van der Waals surface area contributed by atoms with E-state index in [9.17, 15) is 4.79 Å². The molecule has 0 saturated carbocycles. The van der Waals surface area contributed by atoms with Crippen LogP contribution in [0.25, 0.3) is 0 Å². The number of aryl methyl sites for hydroxylation is 2. The molecule has 122 valence electrons. The monoisotopic (exact) mass is 312 g/mol.